The molecule has 0 bridgehead atoms. The number of aliphatic imine (C=N–C) groups is 1. The number of rotatable bonds is 8. The molecular weight excluding hydrogens is 430 g/mol. The van der Waals surface area contributed by atoms with Gasteiger partial charge >= 0.3 is 0 Å². The van der Waals surface area contributed by atoms with Crippen molar-refractivity contribution >= 4 is 40.5 Å². The van der Waals surface area contributed by atoms with Gasteiger partial charge in [-0.25, -0.2) is 4.99 Å². The molecule has 0 aliphatic carbocycles. The lowest BCUT2D eigenvalue weighted by Crippen LogP contribution is -2.35. The van der Waals surface area contributed by atoms with Crippen molar-refractivity contribution in [2.45, 2.75) is 59.4 Å². The second-order valence-electron chi connectivity index (χ2n) is 8.77. The van der Waals surface area contributed by atoms with E-state index in [1.54, 1.807) is 4.90 Å². The molecule has 5 nitrogen and oxygen atoms in total. The smallest absolute Gasteiger partial charge is 0.283 e. The highest BCUT2D eigenvalue weighted by Crippen LogP contribution is 2.30. The number of amidine groups is 1. The van der Waals surface area contributed by atoms with Crippen LogP contribution in [-0.4, -0.2) is 28.8 Å². The maximum Gasteiger partial charge on any atom is 0.283 e. The lowest BCUT2D eigenvalue weighted by atomic mass is 10.0. The van der Waals surface area contributed by atoms with Crippen LogP contribution in [0.25, 0.3) is 6.08 Å². The summed E-state index contributed by atoms with van der Waals surface area (Å²) in [6.07, 6.45) is 3.77. The summed E-state index contributed by atoms with van der Waals surface area (Å²) in [5, 5.41) is 3.53. The van der Waals surface area contributed by atoms with Gasteiger partial charge in [-0.15, -0.1) is 0 Å². The number of benzene rings is 2. The molecule has 174 valence electrons. The van der Waals surface area contributed by atoms with Gasteiger partial charge in [0.2, 0.25) is 5.91 Å². The fourth-order valence-electron chi connectivity index (χ4n) is 3.60. The van der Waals surface area contributed by atoms with Gasteiger partial charge in [-0.2, -0.15) is 0 Å². The summed E-state index contributed by atoms with van der Waals surface area (Å²) in [5.41, 5.74) is 4.40. The van der Waals surface area contributed by atoms with E-state index in [4.69, 9.17) is 0 Å². The summed E-state index contributed by atoms with van der Waals surface area (Å²) in [6, 6.07) is 16.1. The van der Waals surface area contributed by atoms with Gasteiger partial charge < -0.3 is 5.32 Å². The first-order valence-electron chi connectivity index (χ1n) is 11.5. The van der Waals surface area contributed by atoms with Crippen LogP contribution in [0.2, 0.25) is 0 Å². The van der Waals surface area contributed by atoms with E-state index in [0.29, 0.717) is 16.8 Å². The maximum atomic E-state index is 13.3. The standard InChI is InChI=1S/C27H33N3O2S/c1-6-7-20(5)28-25(31)17-33-27-29-24(16-21-10-12-22(13-11-21)18(2)3)26(32)30(27)23-14-8-19(4)9-15-23/h8-16,18,20H,6-7,17H2,1-5H3,(H,28,31). The van der Waals surface area contributed by atoms with Crippen LogP contribution in [0.4, 0.5) is 5.69 Å². The van der Waals surface area contributed by atoms with Crippen LogP contribution < -0.4 is 10.2 Å². The summed E-state index contributed by atoms with van der Waals surface area (Å²) in [5.74, 6) is 0.415. The number of amides is 2. The predicted octanol–water partition coefficient (Wildman–Crippen LogP) is 5.90. The van der Waals surface area contributed by atoms with Gasteiger partial charge in [0, 0.05) is 6.04 Å². The first-order chi connectivity index (χ1) is 15.8. The molecule has 0 aromatic heterocycles. The average molecular weight is 464 g/mol. The van der Waals surface area contributed by atoms with Gasteiger partial charge in [0.15, 0.2) is 5.17 Å². The summed E-state index contributed by atoms with van der Waals surface area (Å²) >= 11 is 1.29. The van der Waals surface area contributed by atoms with E-state index in [1.165, 1.54) is 17.3 Å². The molecule has 6 heteroatoms. The van der Waals surface area contributed by atoms with Gasteiger partial charge in [0.1, 0.15) is 5.70 Å². The highest BCUT2D eigenvalue weighted by Gasteiger charge is 2.32. The minimum absolute atomic E-state index is 0.0540. The number of carbonyl (C=O) groups excluding carboxylic acids is 2. The first kappa shape index (κ1) is 24.8. The monoisotopic (exact) mass is 463 g/mol. The molecule has 1 aliphatic rings. The van der Waals surface area contributed by atoms with Crippen molar-refractivity contribution in [3.63, 3.8) is 0 Å². The minimum atomic E-state index is -0.186. The second-order valence-corrected chi connectivity index (χ2v) is 9.71. The number of hydrogen-bond acceptors (Lipinski definition) is 4. The lowest BCUT2D eigenvalue weighted by molar-refractivity contribution is -0.119. The van der Waals surface area contributed by atoms with E-state index in [-0.39, 0.29) is 23.6 Å². The van der Waals surface area contributed by atoms with Crippen molar-refractivity contribution in [2.75, 3.05) is 10.7 Å². The Labute approximate surface area is 201 Å². The van der Waals surface area contributed by atoms with Crippen LogP contribution in [0.3, 0.4) is 0 Å². The number of anilines is 1. The Bertz CT molecular complexity index is 1040. The quantitative estimate of drug-likeness (QED) is 0.496. The molecule has 1 N–H and O–H groups in total. The van der Waals surface area contributed by atoms with E-state index in [1.807, 2.05) is 56.3 Å². The molecule has 1 aliphatic heterocycles. The third kappa shape index (κ3) is 6.57. The zero-order chi connectivity index (χ0) is 24.0. The maximum absolute atomic E-state index is 13.3. The van der Waals surface area contributed by atoms with E-state index in [2.05, 4.69) is 43.2 Å². The fourth-order valence-corrected chi connectivity index (χ4v) is 4.43. The molecular formula is C27H33N3O2S. The molecule has 2 aromatic rings. The molecule has 2 aromatic carbocycles. The zero-order valence-electron chi connectivity index (χ0n) is 20.1. The molecule has 0 saturated heterocycles. The number of aryl methyl sites for hydroxylation is 1. The van der Waals surface area contributed by atoms with Crippen molar-refractivity contribution in [3.8, 4) is 0 Å². The largest absolute Gasteiger partial charge is 0.353 e. The van der Waals surface area contributed by atoms with Crippen molar-refractivity contribution in [2.24, 2.45) is 4.99 Å². The molecule has 33 heavy (non-hydrogen) atoms. The van der Waals surface area contributed by atoms with E-state index < -0.39 is 0 Å². The van der Waals surface area contributed by atoms with Crippen molar-refractivity contribution in [3.05, 3.63) is 70.9 Å². The first-order valence-corrected chi connectivity index (χ1v) is 12.5. The normalized spacial score (nSPS) is 15.8. The topological polar surface area (TPSA) is 61.8 Å². The second kappa shape index (κ2) is 11.3. The Hall–Kier alpha value is -2.86. The predicted molar refractivity (Wildman–Crippen MR) is 140 cm³/mol. The summed E-state index contributed by atoms with van der Waals surface area (Å²) in [4.78, 5) is 32.0. The van der Waals surface area contributed by atoms with Gasteiger partial charge in [-0.1, -0.05) is 80.9 Å². The Morgan fingerprint density at radius 3 is 2.36 bits per heavy atom. The van der Waals surface area contributed by atoms with Crippen molar-refractivity contribution in [1.82, 2.24) is 5.32 Å². The van der Waals surface area contributed by atoms with Gasteiger partial charge in [-0.05, 0) is 55.5 Å². The van der Waals surface area contributed by atoms with E-state index in [9.17, 15) is 9.59 Å². The highest BCUT2D eigenvalue weighted by atomic mass is 32.2. The molecule has 0 saturated carbocycles. The Morgan fingerprint density at radius 2 is 1.76 bits per heavy atom. The van der Waals surface area contributed by atoms with Crippen LogP contribution in [-0.2, 0) is 9.59 Å². The molecule has 1 atom stereocenters. The molecule has 1 heterocycles. The summed E-state index contributed by atoms with van der Waals surface area (Å²) < 4.78 is 0. The van der Waals surface area contributed by atoms with Gasteiger partial charge in [-0.3, -0.25) is 14.5 Å². The molecule has 0 fully saturated rings. The Kier molecular flexibility index (Phi) is 8.50. The van der Waals surface area contributed by atoms with Crippen molar-refractivity contribution in [1.29, 1.82) is 0 Å². The number of nitrogens with one attached hydrogen (secondary N) is 1. The number of nitrogens with zero attached hydrogens (tertiary/aromatic N) is 2. The summed E-state index contributed by atoms with van der Waals surface area (Å²) in [6.45, 7) is 10.4. The van der Waals surface area contributed by atoms with Crippen LogP contribution >= 0.6 is 11.8 Å². The highest BCUT2D eigenvalue weighted by molar-refractivity contribution is 8.14. The Morgan fingerprint density at radius 1 is 1.09 bits per heavy atom. The molecule has 0 spiro atoms. The van der Waals surface area contributed by atoms with Crippen LogP contribution in [0.1, 0.15) is 63.1 Å². The Balaban J connectivity index is 1.84. The fraction of sp³-hybridized carbons (Fsp3) is 0.370. The van der Waals surface area contributed by atoms with Crippen LogP contribution in [0.15, 0.2) is 59.2 Å². The van der Waals surface area contributed by atoms with E-state index >= 15 is 0 Å². The lowest BCUT2D eigenvalue weighted by Gasteiger charge is -2.18. The number of thioether (sulfide) groups is 1. The SMILES string of the molecule is CCCC(C)NC(=O)CSC1=NC(=Cc2ccc(C(C)C)cc2)C(=O)N1c1ccc(C)cc1. The van der Waals surface area contributed by atoms with Crippen molar-refractivity contribution < 1.29 is 9.59 Å². The van der Waals surface area contributed by atoms with E-state index in [0.717, 1.165) is 29.7 Å². The van der Waals surface area contributed by atoms with Crippen LogP contribution in [0.5, 0.6) is 0 Å². The number of carbonyl (C=O) groups is 2. The van der Waals surface area contributed by atoms with Gasteiger partial charge in [0.05, 0.1) is 11.4 Å². The third-order valence-corrected chi connectivity index (χ3v) is 6.43. The zero-order valence-corrected chi connectivity index (χ0v) is 20.9. The molecule has 3 rings (SSSR count). The molecule has 0 radical (unpaired) electrons. The molecule has 1 unspecified atom stereocenters. The van der Waals surface area contributed by atoms with Gasteiger partial charge in [0.25, 0.3) is 5.91 Å². The van der Waals surface area contributed by atoms with Crippen LogP contribution in [0, 0.1) is 6.92 Å². The molecule has 2 amide bonds. The minimum Gasteiger partial charge on any atom is -0.353 e. The third-order valence-electron chi connectivity index (χ3n) is 5.49. The number of hydrogen-bond donors (Lipinski definition) is 1. The average Bonchev–Trinajstić information content (AvgIpc) is 3.08. The summed E-state index contributed by atoms with van der Waals surface area (Å²) in [7, 11) is 0.